The van der Waals surface area contributed by atoms with E-state index >= 15 is 0 Å². The summed E-state index contributed by atoms with van der Waals surface area (Å²) in [6.45, 7) is 3.82. The molecule has 1 aromatic heterocycles. The van der Waals surface area contributed by atoms with Crippen LogP contribution in [0.4, 0.5) is 18.9 Å². The van der Waals surface area contributed by atoms with Crippen LogP contribution in [0.25, 0.3) is 11.5 Å². The van der Waals surface area contributed by atoms with Crippen molar-refractivity contribution in [2.75, 3.05) is 4.72 Å². The molecule has 3 rings (SSSR count). The Balaban J connectivity index is 1.82. The molecule has 0 saturated heterocycles. The van der Waals surface area contributed by atoms with Crippen LogP contribution in [0, 0.1) is 0 Å². The van der Waals surface area contributed by atoms with Gasteiger partial charge in [0, 0.05) is 17.2 Å². The van der Waals surface area contributed by atoms with Gasteiger partial charge >= 0.3 is 6.36 Å². The van der Waals surface area contributed by atoms with Crippen LogP contribution in [0.1, 0.15) is 25.6 Å². The van der Waals surface area contributed by atoms with Crippen LogP contribution in [0.3, 0.4) is 0 Å². The molecule has 0 spiro atoms. The van der Waals surface area contributed by atoms with Crippen molar-refractivity contribution >= 4 is 15.7 Å². The first-order valence-electron chi connectivity index (χ1n) is 8.37. The van der Waals surface area contributed by atoms with Crippen molar-refractivity contribution in [2.45, 2.75) is 31.0 Å². The van der Waals surface area contributed by atoms with Crippen molar-refractivity contribution in [3.05, 3.63) is 54.4 Å². The molecule has 29 heavy (non-hydrogen) atoms. The maximum absolute atomic E-state index is 12.5. The second-order valence-electron chi connectivity index (χ2n) is 6.29. The lowest BCUT2D eigenvalue weighted by molar-refractivity contribution is -0.275. The smallest absolute Gasteiger partial charge is 0.404 e. The molecule has 0 bridgehead atoms. The average molecular weight is 427 g/mol. The van der Waals surface area contributed by atoms with Crippen LogP contribution in [0.5, 0.6) is 5.75 Å². The molecule has 2 aromatic carbocycles. The van der Waals surface area contributed by atoms with Gasteiger partial charge in [-0.3, -0.25) is 4.72 Å². The number of anilines is 1. The Labute approximate surface area is 164 Å². The van der Waals surface area contributed by atoms with Crippen molar-refractivity contribution in [2.24, 2.45) is 0 Å². The number of ether oxygens (including phenoxy) is 1. The van der Waals surface area contributed by atoms with Gasteiger partial charge < -0.3 is 9.26 Å². The van der Waals surface area contributed by atoms with Crippen molar-refractivity contribution in [3.8, 4) is 17.2 Å². The van der Waals surface area contributed by atoms with E-state index in [1.54, 1.807) is 12.1 Å². The van der Waals surface area contributed by atoms with Crippen LogP contribution >= 0.6 is 0 Å². The minimum Gasteiger partial charge on any atom is -0.404 e. The van der Waals surface area contributed by atoms with Gasteiger partial charge in [0.15, 0.2) is 5.82 Å². The van der Waals surface area contributed by atoms with Crippen LogP contribution in [0.2, 0.25) is 0 Å². The molecule has 0 fully saturated rings. The summed E-state index contributed by atoms with van der Waals surface area (Å²) in [5, 5.41) is 3.85. The van der Waals surface area contributed by atoms with E-state index in [0.717, 1.165) is 12.1 Å². The summed E-state index contributed by atoms with van der Waals surface area (Å²) in [6, 6.07) is 10.4. The van der Waals surface area contributed by atoms with E-state index in [0.29, 0.717) is 11.4 Å². The summed E-state index contributed by atoms with van der Waals surface area (Å²) in [5.74, 6) is 0.0619. The Bertz CT molecular complexity index is 1090. The average Bonchev–Trinajstić information content (AvgIpc) is 3.11. The third-order valence-electron chi connectivity index (χ3n) is 3.71. The molecular formula is C18H16F3N3O4S. The number of nitrogens with one attached hydrogen (secondary N) is 1. The van der Waals surface area contributed by atoms with Crippen molar-refractivity contribution < 1.29 is 30.8 Å². The monoisotopic (exact) mass is 427 g/mol. The van der Waals surface area contributed by atoms with E-state index in [1.165, 1.54) is 24.3 Å². The summed E-state index contributed by atoms with van der Waals surface area (Å²) in [4.78, 5) is 3.60. The Hall–Kier alpha value is -3.08. The Kier molecular flexibility index (Phi) is 5.51. The maximum Gasteiger partial charge on any atom is 0.573 e. The van der Waals surface area contributed by atoms with Crippen LogP contribution in [-0.2, 0) is 10.0 Å². The third-order valence-corrected chi connectivity index (χ3v) is 5.13. The molecular weight excluding hydrogens is 411 g/mol. The number of alkyl halides is 3. The van der Waals surface area contributed by atoms with E-state index in [2.05, 4.69) is 19.6 Å². The fourth-order valence-corrected chi connectivity index (χ4v) is 3.55. The predicted molar refractivity (Wildman–Crippen MR) is 97.8 cm³/mol. The van der Waals surface area contributed by atoms with E-state index in [1.807, 2.05) is 13.8 Å². The largest absolute Gasteiger partial charge is 0.573 e. The lowest BCUT2D eigenvalue weighted by Crippen LogP contribution is -2.20. The molecule has 0 aliphatic rings. The van der Waals surface area contributed by atoms with E-state index < -0.39 is 27.0 Å². The van der Waals surface area contributed by atoms with Gasteiger partial charge in [-0.05, 0) is 36.4 Å². The normalized spacial score (nSPS) is 12.2. The summed E-state index contributed by atoms with van der Waals surface area (Å²) in [7, 11) is -4.33. The Morgan fingerprint density at radius 3 is 2.31 bits per heavy atom. The van der Waals surface area contributed by atoms with Crippen LogP contribution < -0.4 is 9.46 Å². The number of hydrogen-bond acceptors (Lipinski definition) is 6. The van der Waals surface area contributed by atoms with Crippen LogP contribution in [0.15, 0.2) is 57.9 Å². The summed E-state index contributed by atoms with van der Waals surface area (Å²) < 4.78 is 73.9. The molecule has 3 aromatic rings. The van der Waals surface area contributed by atoms with Gasteiger partial charge in [0.1, 0.15) is 10.6 Å². The van der Waals surface area contributed by atoms with E-state index in [-0.39, 0.29) is 17.5 Å². The zero-order valence-corrected chi connectivity index (χ0v) is 16.1. The van der Waals surface area contributed by atoms with Crippen molar-refractivity contribution in [1.29, 1.82) is 0 Å². The number of benzene rings is 2. The standard InChI is InChI=1S/C18H16F3N3O4S/c1-11(2)16-22-17(28-23-16)12-7-9-13(10-8-12)24-29(25,26)15-6-4-3-5-14(15)27-18(19,20)21/h3-11,24H,1-2H3. The molecule has 0 radical (unpaired) electrons. The summed E-state index contributed by atoms with van der Waals surface area (Å²) >= 11 is 0. The molecule has 154 valence electrons. The first kappa shape index (κ1) is 20.6. The SMILES string of the molecule is CC(C)c1noc(-c2ccc(NS(=O)(=O)c3ccccc3OC(F)(F)F)cc2)n1. The third kappa shape index (κ3) is 5.05. The highest BCUT2D eigenvalue weighted by Crippen LogP contribution is 2.31. The molecule has 1 heterocycles. The lowest BCUT2D eigenvalue weighted by atomic mass is 10.2. The van der Waals surface area contributed by atoms with E-state index in [4.69, 9.17) is 4.52 Å². The highest BCUT2D eigenvalue weighted by atomic mass is 32.2. The number of halogens is 3. The van der Waals surface area contributed by atoms with Crippen molar-refractivity contribution in [1.82, 2.24) is 10.1 Å². The number of nitrogens with zero attached hydrogens (tertiary/aromatic N) is 2. The summed E-state index contributed by atoms with van der Waals surface area (Å²) in [5.41, 5.74) is 0.701. The molecule has 11 heteroatoms. The molecule has 0 aliphatic heterocycles. The second kappa shape index (κ2) is 7.74. The first-order valence-corrected chi connectivity index (χ1v) is 9.85. The zero-order chi connectivity index (χ0) is 21.2. The van der Waals surface area contributed by atoms with Gasteiger partial charge in [-0.15, -0.1) is 13.2 Å². The fourth-order valence-electron chi connectivity index (χ4n) is 2.36. The minimum atomic E-state index is -5.02. The number of rotatable bonds is 6. The van der Waals surface area contributed by atoms with Gasteiger partial charge in [-0.1, -0.05) is 31.1 Å². The quantitative estimate of drug-likeness (QED) is 0.620. The number of aromatic nitrogens is 2. The first-order chi connectivity index (χ1) is 13.5. The van der Waals surface area contributed by atoms with Gasteiger partial charge in [0.25, 0.3) is 15.9 Å². The lowest BCUT2D eigenvalue weighted by Gasteiger charge is -2.14. The maximum atomic E-state index is 12.5. The summed E-state index contributed by atoms with van der Waals surface area (Å²) in [6.07, 6.45) is -5.02. The molecule has 0 atom stereocenters. The Morgan fingerprint density at radius 2 is 1.72 bits per heavy atom. The van der Waals surface area contributed by atoms with Gasteiger partial charge in [-0.25, -0.2) is 8.42 Å². The van der Waals surface area contributed by atoms with Crippen LogP contribution in [-0.4, -0.2) is 24.9 Å². The molecule has 1 N–H and O–H groups in total. The van der Waals surface area contributed by atoms with Gasteiger partial charge in [0.2, 0.25) is 0 Å². The second-order valence-corrected chi connectivity index (χ2v) is 7.94. The molecule has 0 unspecified atom stereocenters. The number of hydrogen-bond donors (Lipinski definition) is 1. The van der Waals surface area contributed by atoms with Gasteiger partial charge in [-0.2, -0.15) is 4.98 Å². The highest BCUT2D eigenvalue weighted by Gasteiger charge is 2.34. The molecule has 0 amide bonds. The van der Waals surface area contributed by atoms with E-state index in [9.17, 15) is 21.6 Å². The topological polar surface area (TPSA) is 94.3 Å². The fraction of sp³-hybridized carbons (Fsp3) is 0.222. The molecule has 0 saturated carbocycles. The minimum absolute atomic E-state index is 0.0811. The predicted octanol–water partition coefficient (Wildman–Crippen LogP) is 4.56. The zero-order valence-electron chi connectivity index (χ0n) is 15.3. The highest BCUT2D eigenvalue weighted by molar-refractivity contribution is 7.92. The number of para-hydroxylation sites is 1. The molecule has 0 aliphatic carbocycles. The molecule has 7 nitrogen and oxygen atoms in total. The van der Waals surface area contributed by atoms with Gasteiger partial charge in [0.05, 0.1) is 0 Å². The van der Waals surface area contributed by atoms with Crippen molar-refractivity contribution in [3.63, 3.8) is 0 Å². The Morgan fingerprint density at radius 1 is 1.07 bits per heavy atom. The number of sulfonamides is 1.